The largest absolute Gasteiger partial charge is 0.451 e. The van der Waals surface area contributed by atoms with Crippen molar-refractivity contribution in [3.8, 4) is 0 Å². The number of alkyl halides is 6. The smallest absolute Gasteiger partial charge is 0.358 e. The monoisotopic (exact) mass is 711 g/mol. The zero-order valence-electron chi connectivity index (χ0n) is 26.0. The molecule has 268 valence electrons. The zero-order chi connectivity index (χ0) is 35.4. The van der Waals surface area contributed by atoms with Gasteiger partial charge in [0.05, 0.1) is 11.3 Å². The van der Waals surface area contributed by atoms with Gasteiger partial charge in [-0.1, -0.05) is 12.1 Å². The van der Waals surface area contributed by atoms with Gasteiger partial charge in [-0.25, -0.2) is 14.8 Å². The number of hydrogen-bond donors (Lipinski definition) is 4. The highest BCUT2D eigenvalue weighted by molar-refractivity contribution is 7.85. The number of nitrogens with one attached hydrogen (secondary N) is 3. The van der Waals surface area contributed by atoms with Crippen molar-refractivity contribution in [3.05, 3.63) is 47.3 Å². The molecule has 0 atom stereocenters. The second-order valence-corrected chi connectivity index (χ2v) is 12.9. The number of carbonyl (C=O) groups is 2. The van der Waals surface area contributed by atoms with Gasteiger partial charge < -0.3 is 25.8 Å². The summed E-state index contributed by atoms with van der Waals surface area (Å²) in [6.07, 6.45) is -3.78. The van der Waals surface area contributed by atoms with Gasteiger partial charge in [-0.15, -0.1) is 0 Å². The van der Waals surface area contributed by atoms with Crippen molar-refractivity contribution in [2.45, 2.75) is 50.9 Å². The Hall–Kier alpha value is -3.87. The molecule has 4 rings (SSSR count). The predicted molar refractivity (Wildman–Crippen MR) is 165 cm³/mol. The van der Waals surface area contributed by atoms with Crippen molar-refractivity contribution >= 4 is 34.2 Å². The molecule has 0 aliphatic carbocycles. The number of rotatable bonds is 12. The van der Waals surface area contributed by atoms with Crippen LogP contribution in [0.25, 0.3) is 0 Å². The number of piperidine rings is 1. The molecule has 1 aromatic heterocycles. The maximum atomic E-state index is 13.4. The van der Waals surface area contributed by atoms with Crippen LogP contribution in [0, 0.1) is 5.92 Å². The van der Waals surface area contributed by atoms with Crippen molar-refractivity contribution in [3.63, 3.8) is 0 Å². The van der Waals surface area contributed by atoms with Gasteiger partial charge in [0, 0.05) is 51.9 Å². The third-order valence-electron chi connectivity index (χ3n) is 7.73. The summed E-state index contributed by atoms with van der Waals surface area (Å²) >= 11 is 0. The first-order chi connectivity index (χ1) is 22.5. The first kappa shape index (κ1) is 38.6. The Balaban J connectivity index is 0.000000348. The molecule has 3 amide bonds. The summed E-state index contributed by atoms with van der Waals surface area (Å²) in [7, 11) is -4.13. The fraction of sp³-hybridized carbons (Fsp3) is 0.586. The first-order valence-electron chi connectivity index (χ1n) is 15.3. The molecule has 0 unspecified atom stereocenters. The van der Waals surface area contributed by atoms with E-state index < -0.39 is 45.6 Å². The summed E-state index contributed by atoms with van der Waals surface area (Å²) in [6.45, 7) is 3.10. The van der Waals surface area contributed by atoms with Gasteiger partial charge in [0.1, 0.15) is 11.6 Å². The van der Waals surface area contributed by atoms with Crippen LogP contribution in [0.15, 0.2) is 30.3 Å². The van der Waals surface area contributed by atoms with Crippen molar-refractivity contribution in [2.75, 3.05) is 61.4 Å². The third-order valence-corrected chi connectivity index (χ3v) is 8.45. The van der Waals surface area contributed by atoms with E-state index in [0.29, 0.717) is 70.3 Å². The lowest BCUT2D eigenvalue weighted by atomic mass is 9.93. The van der Waals surface area contributed by atoms with Crippen LogP contribution in [-0.4, -0.2) is 86.9 Å². The summed E-state index contributed by atoms with van der Waals surface area (Å²) in [4.78, 5) is 32.8. The molecule has 12 nitrogen and oxygen atoms in total. The topological polar surface area (TPSA) is 157 Å². The molecular weight excluding hydrogens is 672 g/mol. The SMILES string of the molecule is O=C(NCCC1CCN(c2cc(N3CCCC3)nc(C(F)(F)F)n2)CC1)NCCS(=O)(=O)O.O=CNCCc1ccc(C(F)(F)F)cc1. The van der Waals surface area contributed by atoms with Crippen LogP contribution in [-0.2, 0) is 33.7 Å². The highest BCUT2D eigenvalue weighted by atomic mass is 32.2. The van der Waals surface area contributed by atoms with Crippen LogP contribution in [0.5, 0.6) is 0 Å². The lowest BCUT2D eigenvalue weighted by molar-refractivity contribution is -0.144. The number of halogens is 6. The summed E-state index contributed by atoms with van der Waals surface area (Å²) in [5, 5.41) is 7.41. The Morgan fingerprint density at radius 1 is 0.875 bits per heavy atom. The van der Waals surface area contributed by atoms with Gasteiger partial charge in [0.25, 0.3) is 10.1 Å². The van der Waals surface area contributed by atoms with E-state index in [0.717, 1.165) is 43.4 Å². The molecular formula is C29H39F6N7O5S. The second-order valence-electron chi connectivity index (χ2n) is 11.3. The Labute approximate surface area is 274 Å². The number of urea groups is 1. The summed E-state index contributed by atoms with van der Waals surface area (Å²) in [6, 6.07) is 6.02. The molecule has 0 radical (unpaired) electrons. The molecule has 2 aromatic rings. The molecule has 0 bridgehead atoms. The second kappa shape index (κ2) is 17.5. The number of aromatic nitrogens is 2. The lowest BCUT2D eigenvalue weighted by Gasteiger charge is -2.33. The Morgan fingerprint density at radius 3 is 1.96 bits per heavy atom. The average molecular weight is 712 g/mol. The van der Waals surface area contributed by atoms with Crippen molar-refractivity contribution in [1.82, 2.24) is 25.9 Å². The quantitative estimate of drug-likeness (QED) is 0.111. The molecule has 2 fully saturated rings. The normalized spacial score (nSPS) is 15.8. The minimum atomic E-state index is -4.61. The fourth-order valence-corrected chi connectivity index (χ4v) is 5.51. The van der Waals surface area contributed by atoms with Crippen LogP contribution in [0.4, 0.5) is 42.8 Å². The van der Waals surface area contributed by atoms with Gasteiger partial charge in [-0.3, -0.25) is 9.35 Å². The van der Waals surface area contributed by atoms with Gasteiger partial charge in [0.2, 0.25) is 12.2 Å². The molecule has 19 heteroatoms. The summed E-state index contributed by atoms with van der Waals surface area (Å²) < 4.78 is 106. The van der Waals surface area contributed by atoms with E-state index in [1.54, 1.807) is 6.07 Å². The molecule has 4 N–H and O–H groups in total. The first-order valence-corrected chi connectivity index (χ1v) is 16.9. The third kappa shape index (κ3) is 13.3. The standard InChI is InChI=1S/C19H29F3N6O4S.C10H10F3NO/c20-19(21,22)17-25-15(27-8-1-2-9-27)13-16(26-17)28-10-4-14(5-11-28)3-6-23-18(29)24-7-12-33(30,31)32;11-10(12,13)9-3-1-8(2-4-9)5-6-14-7-15/h13-14H,1-12H2,(H2,23,24,29)(H,30,31,32);1-4,7H,5-6H2,(H,14,15). The van der Waals surface area contributed by atoms with Gasteiger partial charge in [0.15, 0.2) is 0 Å². The Kier molecular flexibility index (Phi) is 14.1. The minimum Gasteiger partial charge on any atom is -0.358 e. The number of benzene rings is 1. The van der Waals surface area contributed by atoms with Gasteiger partial charge in [-0.05, 0) is 62.1 Å². The highest BCUT2D eigenvalue weighted by Gasteiger charge is 2.37. The predicted octanol–water partition coefficient (Wildman–Crippen LogP) is 3.88. The number of anilines is 2. The van der Waals surface area contributed by atoms with Crippen LogP contribution in [0.3, 0.4) is 0 Å². The van der Waals surface area contributed by atoms with E-state index in [9.17, 15) is 44.3 Å². The summed E-state index contributed by atoms with van der Waals surface area (Å²) in [5.74, 6) is -0.781. The van der Waals surface area contributed by atoms with E-state index in [4.69, 9.17) is 4.55 Å². The van der Waals surface area contributed by atoms with Crippen LogP contribution in [0.2, 0.25) is 0 Å². The van der Waals surface area contributed by atoms with Crippen molar-refractivity contribution < 1.29 is 48.9 Å². The maximum absolute atomic E-state index is 13.4. The molecule has 48 heavy (non-hydrogen) atoms. The molecule has 0 spiro atoms. The van der Waals surface area contributed by atoms with Crippen LogP contribution in [0.1, 0.15) is 49.1 Å². The van der Waals surface area contributed by atoms with Crippen LogP contribution < -0.4 is 25.8 Å². The number of hydrogen-bond acceptors (Lipinski definition) is 8. The summed E-state index contributed by atoms with van der Waals surface area (Å²) in [5.41, 5.74) is 0.104. The molecule has 0 saturated carbocycles. The Morgan fingerprint density at radius 2 is 1.44 bits per heavy atom. The van der Waals surface area contributed by atoms with E-state index in [-0.39, 0.29) is 12.4 Å². The Bertz CT molecular complexity index is 1430. The minimum absolute atomic E-state index is 0.193. The van der Waals surface area contributed by atoms with E-state index >= 15 is 0 Å². The van der Waals surface area contributed by atoms with Gasteiger partial charge >= 0.3 is 18.4 Å². The van der Waals surface area contributed by atoms with E-state index in [2.05, 4.69) is 25.9 Å². The zero-order valence-corrected chi connectivity index (χ0v) is 26.8. The molecule has 3 heterocycles. The van der Waals surface area contributed by atoms with E-state index in [1.165, 1.54) is 12.1 Å². The van der Waals surface area contributed by atoms with Crippen molar-refractivity contribution in [1.29, 1.82) is 0 Å². The molecule has 1 aromatic carbocycles. The number of amides is 3. The molecule has 2 aliphatic heterocycles. The van der Waals surface area contributed by atoms with Crippen molar-refractivity contribution in [2.24, 2.45) is 5.92 Å². The highest BCUT2D eigenvalue weighted by Crippen LogP contribution is 2.33. The fourth-order valence-electron chi connectivity index (χ4n) is 5.15. The molecule has 2 aliphatic rings. The lowest BCUT2D eigenvalue weighted by Crippen LogP contribution is -2.40. The molecule has 2 saturated heterocycles. The number of nitrogens with zero attached hydrogens (tertiary/aromatic N) is 4. The van der Waals surface area contributed by atoms with E-state index in [1.807, 2.05) is 9.80 Å². The average Bonchev–Trinajstić information content (AvgIpc) is 3.56. The maximum Gasteiger partial charge on any atom is 0.451 e. The van der Waals surface area contributed by atoms with Crippen LogP contribution >= 0.6 is 0 Å². The van der Waals surface area contributed by atoms with Gasteiger partial charge in [-0.2, -0.15) is 34.8 Å². The number of carbonyl (C=O) groups excluding carboxylic acids is 2.